The predicted octanol–water partition coefficient (Wildman–Crippen LogP) is 5.52. The summed E-state index contributed by atoms with van der Waals surface area (Å²) in [6, 6.07) is 15.6. The molecule has 6 aliphatic rings. The van der Waals surface area contributed by atoms with Gasteiger partial charge in [-0.1, -0.05) is 23.8 Å². The van der Waals surface area contributed by atoms with Crippen molar-refractivity contribution in [2.75, 3.05) is 31.1 Å². The molecule has 8 nitrogen and oxygen atoms in total. The summed E-state index contributed by atoms with van der Waals surface area (Å²) in [6.07, 6.45) is 16.5. The third-order valence-electron chi connectivity index (χ3n) is 10.4. The van der Waals surface area contributed by atoms with Crippen molar-refractivity contribution < 1.29 is 38.0 Å². The number of halogens is 2. The average molecular weight is 748 g/mol. The van der Waals surface area contributed by atoms with E-state index in [9.17, 15) is 0 Å². The van der Waals surface area contributed by atoms with Crippen molar-refractivity contribution in [3.8, 4) is 17.1 Å². The second-order valence-corrected chi connectivity index (χ2v) is 14.8. The van der Waals surface area contributed by atoms with E-state index in [1.807, 2.05) is 0 Å². The highest BCUT2D eigenvalue weighted by atomic mass is 35.7. The van der Waals surface area contributed by atoms with Crippen LogP contribution in [0.4, 0.5) is 5.69 Å². The Morgan fingerprint density at radius 3 is 2.19 bits per heavy atom. The molecule has 0 fully saturated rings. The molecule has 0 saturated heterocycles. The molecule has 2 aliphatic heterocycles. The second-order valence-electron chi connectivity index (χ2n) is 13.6. The minimum Gasteiger partial charge on any atom is -0.456 e. The molecule has 0 unspecified atom stereocenters. The lowest BCUT2D eigenvalue weighted by Crippen LogP contribution is -2.68. The van der Waals surface area contributed by atoms with Crippen LogP contribution < -0.4 is 38.2 Å². The third-order valence-corrected chi connectivity index (χ3v) is 10.9. The molecule has 0 N–H and O–H groups in total. The van der Waals surface area contributed by atoms with Gasteiger partial charge in [-0.2, -0.15) is 0 Å². The van der Waals surface area contributed by atoms with Gasteiger partial charge in [-0.25, -0.2) is 23.2 Å². The summed E-state index contributed by atoms with van der Waals surface area (Å²) < 4.78 is 49.8. The van der Waals surface area contributed by atoms with Gasteiger partial charge in [-0.15, -0.1) is 10.2 Å². The fourth-order valence-corrected chi connectivity index (χ4v) is 8.13. The Balaban J connectivity index is 0.000000870. The monoisotopic (exact) mass is 746 g/mol. The predicted molar refractivity (Wildman–Crippen MR) is 197 cm³/mol. The van der Waals surface area contributed by atoms with Gasteiger partial charge in [0.05, 0.1) is 6.07 Å². The molecule has 0 saturated carbocycles. The van der Waals surface area contributed by atoms with E-state index in [0.717, 1.165) is 112 Å². The van der Waals surface area contributed by atoms with Gasteiger partial charge < -0.3 is 14.1 Å². The molecule has 0 bridgehead atoms. The lowest BCUT2D eigenvalue weighted by molar-refractivity contribution is -2.00. The van der Waals surface area contributed by atoms with E-state index in [1.54, 1.807) is 0 Å². The van der Waals surface area contributed by atoms with Gasteiger partial charge in [0.15, 0.2) is 0 Å². The van der Waals surface area contributed by atoms with Crippen LogP contribution in [0.15, 0.2) is 92.1 Å². The van der Waals surface area contributed by atoms with Crippen molar-refractivity contribution in [1.29, 1.82) is 0 Å². The minimum atomic E-state index is -4.94. The number of ether oxygens (including phenoxy) is 1. The van der Waals surface area contributed by atoms with Crippen molar-refractivity contribution in [1.82, 2.24) is 4.58 Å². The number of allylic oxidation sites excluding steroid dienone is 8. The number of fused-ring (bicyclic) bond motifs is 4. The number of rotatable bonds is 7. The van der Waals surface area contributed by atoms with Crippen molar-refractivity contribution in [3.63, 3.8) is 0 Å². The van der Waals surface area contributed by atoms with Crippen molar-refractivity contribution in [2.24, 2.45) is 0 Å². The first-order valence-corrected chi connectivity index (χ1v) is 20.2. The van der Waals surface area contributed by atoms with Crippen molar-refractivity contribution in [3.05, 3.63) is 110 Å². The standard InChI is InChI=1S/C42H48ClN2O2.ClHO4/c1-5-44(6-2)36-20-18-28-22-32-14-10-16-34(41(32)46-38(28)26-36)24-30-12-9-13-31(40(30)43)25-35-17-11-15-33-23-29-19-21-37(45(7-3)8-4)27-39(29)47-42(33)35;2-1(3,4)5/h18-27H,5-17H2,1-4H3;(H,2,3,4,5)/q+1;/p-1. The number of hydrogen-bond donors (Lipinski definition) is 0. The third kappa shape index (κ3) is 8.76. The zero-order valence-corrected chi connectivity index (χ0v) is 32.1. The topological polar surface area (TPSA) is 121 Å². The van der Waals surface area contributed by atoms with Crippen LogP contribution in [0.2, 0.25) is 0 Å². The molecule has 0 amide bonds. The molecule has 276 valence electrons. The molecule has 0 spiro atoms. The highest BCUT2D eigenvalue weighted by molar-refractivity contribution is 6.32. The van der Waals surface area contributed by atoms with Gasteiger partial charge in [0, 0.05) is 47.1 Å². The molecule has 4 aliphatic carbocycles. The second kappa shape index (κ2) is 16.6. The molecule has 0 atom stereocenters. The van der Waals surface area contributed by atoms with Crippen molar-refractivity contribution in [2.45, 2.75) is 85.5 Å². The molecular formula is C42H48Cl2N2O6. The minimum absolute atomic E-state index is 0.907. The Morgan fingerprint density at radius 2 is 1.46 bits per heavy atom. The van der Waals surface area contributed by atoms with Gasteiger partial charge in [-0.3, -0.25) is 0 Å². The maximum absolute atomic E-state index is 8.49. The molecule has 0 aromatic heterocycles. The molecule has 10 heteroatoms. The molecule has 7 rings (SSSR count). The summed E-state index contributed by atoms with van der Waals surface area (Å²) in [5.41, 5.74) is 11.2. The Hall–Kier alpha value is -3.63. The number of hydrogen-bond acceptors (Lipinski definition) is 7. The van der Waals surface area contributed by atoms with Crippen LogP contribution >= 0.6 is 11.6 Å². The Labute approximate surface area is 314 Å². The largest absolute Gasteiger partial charge is 0.456 e. The van der Waals surface area contributed by atoms with E-state index in [4.69, 9.17) is 39.4 Å². The molecule has 0 radical (unpaired) electrons. The summed E-state index contributed by atoms with van der Waals surface area (Å²) in [6.45, 7) is 12.7. The van der Waals surface area contributed by atoms with Gasteiger partial charge in [0.1, 0.15) is 36.1 Å². The molecule has 1 aromatic rings. The van der Waals surface area contributed by atoms with Crippen LogP contribution in [0.3, 0.4) is 0 Å². The van der Waals surface area contributed by atoms with Crippen molar-refractivity contribution >= 4 is 28.9 Å². The summed E-state index contributed by atoms with van der Waals surface area (Å²) >= 11 is 7.29. The first-order valence-electron chi connectivity index (χ1n) is 18.6. The Bertz CT molecular complexity index is 2000. The quantitative estimate of drug-likeness (QED) is 0.292. The highest BCUT2D eigenvalue weighted by Crippen LogP contribution is 2.44. The highest BCUT2D eigenvalue weighted by Gasteiger charge is 2.26. The van der Waals surface area contributed by atoms with E-state index in [-0.39, 0.29) is 0 Å². The van der Waals surface area contributed by atoms with Gasteiger partial charge in [0.2, 0.25) is 5.36 Å². The summed E-state index contributed by atoms with van der Waals surface area (Å²) in [4.78, 5) is 2.37. The molecule has 52 heavy (non-hydrogen) atoms. The SMILES string of the molecule is CCN(CC)c1ccc2c(c1)OC1=C(/C=C3\CCCC(/C=C4\CCCc5cc6ccc(=[N+](CC)CC)cc-6oc54)=C3Cl)CCCC1=C2.[O-][Cl+3]([O-])([O-])[O-]. The fourth-order valence-electron chi connectivity index (χ4n) is 7.83. The number of nitrogens with zero attached hydrogens (tertiary/aromatic N) is 2. The van der Waals surface area contributed by atoms with E-state index >= 15 is 0 Å². The average Bonchev–Trinajstić information content (AvgIpc) is 3.12. The van der Waals surface area contributed by atoms with E-state index in [0.29, 0.717) is 0 Å². The summed E-state index contributed by atoms with van der Waals surface area (Å²) in [7, 11) is -4.94. The lowest BCUT2D eigenvalue weighted by Gasteiger charge is -2.29. The van der Waals surface area contributed by atoms with E-state index in [1.165, 1.54) is 55.6 Å². The first kappa shape index (κ1) is 38.1. The molecule has 1 aromatic carbocycles. The van der Waals surface area contributed by atoms with Crippen LogP contribution in [0.5, 0.6) is 5.75 Å². The number of anilines is 1. The summed E-state index contributed by atoms with van der Waals surface area (Å²) in [5, 5.41) is 2.12. The summed E-state index contributed by atoms with van der Waals surface area (Å²) in [5.74, 6) is 3.99. The van der Waals surface area contributed by atoms with Crippen LogP contribution in [-0.2, 0) is 6.42 Å². The maximum atomic E-state index is 8.49. The van der Waals surface area contributed by atoms with Crippen LogP contribution in [0.1, 0.15) is 95.9 Å². The zero-order chi connectivity index (χ0) is 37.0. The van der Waals surface area contributed by atoms with Crippen LogP contribution in [0.25, 0.3) is 23.0 Å². The Kier molecular flexibility index (Phi) is 12.2. The van der Waals surface area contributed by atoms with E-state index in [2.05, 4.69) is 97.9 Å². The fraction of sp³-hybridized carbons (Fsp3) is 0.405. The van der Waals surface area contributed by atoms with E-state index < -0.39 is 10.2 Å². The van der Waals surface area contributed by atoms with Crippen LogP contribution in [-0.4, -0.2) is 26.2 Å². The zero-order valence-electron chi connectivity index (χ0n) is 30.6. The molecular weight excluding hydrogens is 699 g/mol. The normalized spacial score (nSPS) is 18.7. The first-order chi connectivity index (χ1) is 25.0. The lowest BCUT2D eigenvalue weighted by atomic mass is 9.85. The van der Waals surface area contributed by atoms with Gasteiger partial charge in [0.25, 0.3) is 0 Å². The number of aryl methyl sites for hydroxylation is 1. The Morgan fingerprint density at radius 1 is 0.788 bits per heavy atom. The maximum Gasteiger partial charge on any atom is 0.203 e. The van der Waals surface area contributed by atoms with Crippen LogP contribution in [0, 0.1) is 10.2 Å². The number of benzene rings is 2. The smallest absolute Gasteiger partial charge is 0.203 e. The van der Waals surface area contributed by atoms with Gasteiger partial charge >= 0.3 is 0 Å². The molecule has 2 heterocycles. The van der Waals surface area contributed by atoms with Gasteiger partial charge in [-0.05, 0) is 149 Å².